The Balaban J connectivity index is 1.16. The number of aromatic nitrogens is 8. The van der Waals surface area contributed by atoms with Crippen LogP contribution in [-0.4, -0.2) is 115 Å². The van der Waals surface area contributed by atoms with Crippen molar-refractivity contribution in [2.45, 2.75) is 48.6 Å². The number of anilines is 2. The summed E-state index contributed by atoms with van der Waals surface area (Å²) < 4.78 is 73.9. The van der Waals surface area contributed by atoms with Gasteiger partial charge in [0.15, 0.2) is 41.2 Å². The van der Waals surface area contributed by atoms with Crippen LogP contribution in [0.15, 0.2) is 23.8 Å². The van der Waals surface area contributed by atoms with Gasteiger partial charge in [0, 0.05) is 13.7 Å². The Morgan fingerprint density at radius 1 is 1.13 bits per heavy atom. The van der Waals surface area contributed by atoms with Crippen LogP contribution in [0, 0.1) is 0 Å². The second kappa shape index (κ2) is 10.9. The number of nitrogens with one attached hydrogen (secondary N) is 2. The van der Waals surface area contributed by atoms with Crippen molar-refractivity contribution in [1.82, 2.24) is 43.8 Å². The van der Waals surface area contributed by atoms with E-state index in [9.17, 15) is 18.1 Å². The number of nitrogen functional groups attached to an aromatic ring is 2. The Morgan fingerprint density at radius 3 is 2.68 bits per heavy atom. The van der Waals surface area contributed by atoms with Gasteiger partial charge in [0.05, 0.1) is 25.9 Å². The molecule has 25 heteroatoms. The molecule has 4 bridgehead atoms. The van der Waals surface area contributed by atoms with Crippen molar-refractivity contribution in [3.8, 4) is 0 Å². The highest BCUT2D eigenvalue weighted by molar-refractivity contribution is 8.07. The van der Waals surface area contributed by atoms with Crippen LogP contribution < -0.4 is 21.7 Å². The summed E-state index contributed by atoms with van der Waals surface area (Å²) in [4.78, 5) is 46.7. The zero-order valence-electron chi connectivity index (χ0n) is 24.0. The van der Waals surface area contributed by atoms with Gasteiger partial charge in [0.1, 0.15) is 41.9 Å². The number of ether oxygens (including phenoxy) is 4. The molecule has 8 rings (SSSR count). The monoisotopic (exact) mass is 715 g/mol. The zero-order valence-corrected chi connectivity index (χ0v) is 26.5. The third kappa shape index (κ3) is 5.03. The van der Waals surface area contributed by atoms with Crippen LogP contribution >= 0.6 is 6.72 Å². The predicted molar refractivity (Wildman–Crippen MR) is 159 cm³/mol. The molecule has 8 heterocycles. The van der Waals surface area contributed by atoms with E-state index in [4.69, 9.17) is 55.5 Å². The second-order valence-electron chi connectivity index (χ2n) is 11.1. The Bertz CT molecular complexity index is 2110. The van der Waals surface area contributed by atoms with E-state index in [0.29, 0.717) is 11.2 Å². The van der Waals surface area contributed by atoms with Gasteiger partial charge in [-0.05, 0) is 11.8 Å². The van der Waals surface area contributed by atoms with Crippen molar-refractivity contribution in [2.24, 2.45) is 0 Å². The van der Waals surface area contributed by atoms with E-state index in [1.54, 1.807) is 0 Å². The molecule has 0 radical (unpaired) electrons. The number of hydrogen-bond acceptors (Lipinski definition) is 18. The number of H-pyrrole nitrogens is 1. The molecule has 4 aliphatic heterocycles. The van der Waals surface area contributed by atoms with Crippen molar-refractivity contribution in [2.75, 3.05) is 38.3 Å². The molecule has 47 heavy (non-hydrogen) atoms. The van der Waals surface area contributed by atoms with E-state index >= 15 is 0 Å². The largest absolute Gasteiger partial charge is 0.382 e. The molecular weight excluding hydrogens is 689 g/mol. The fourth-order valence-electron chi connectivity index (χ4n) is 6.28. The van der Waals surface area contributed by atoms with Gasteiger partial charge < -0.3 is 39.8 Å². The van der Waals surface area contributed by atoms with Gasteiger partial charge in [-0.15, -0.1) is 0 Å². The summed E-state index contributed by atoms with van der Waals surface area (Å²) in [6, 6.07) is 0. The van der Waals surface area contributed by atoms with E-state index in [1.807, 2.05) is 0 Å². The van der Waals surface area contributed by atoms with Crippen LogP contribution in [-0.2, 0) is 54.3 Å². The van der Waals surface area contributed by atoms with Crippen LogP contribution in [0.5, 0.6) is 0 Å². The maximum atomic E-state index is 13.6. The highest BCUT2D eigenvalue weighted by Gasteiger charge is 2.65. The molecule has 0 spiro atoms. The molecule has 0 aliphatic carbocycles. The Kier molecular flexibility index (Phi) is 7.18. The van der Waals surface area contributed by atoms with Gasteiger partial charge in [-0.25, -0.2) is 24.1 Å². The Hall–Kier alpha value is -3.26. The topological polar surface area (TPSA) is 290 Å². The van der Waals surface area contributed by atoms with Crippen LogP contribution in [0.4, 0.5) is 11.8 Å². The van der Waals surface area contributed by atoms with E-state index < -0.39 is 84.3 Å². The number of nitrogens with zero attached hydrogens (tertiary/aromatic N) is 7. The van der Waals surface area contributed by atoms with Gasteiger partial charge in [0.2, 0.25) is 5.95 Å². The lowest BCUT2D eigenvalue weighted by atomic mass is 10.00. The number of rotatable bonds is 3. The Labute approximate surface area is 268 Å². The Morgan fingerprint density at radius 2 is 1.89 bits per heavy atom. The molecule has 0 saturated carbocycles. The third-order valence-electron chi connectivity index (χ3n) is 8.35. The standard InChI is InChI=1S/C22H26N11O11PS2/c1-38-11-8-2-40-45(35,46)43-14-13-20(32-6-27-9-15(23)25-5-26-16(9)32)42-22(14,4-39-13)3-29-47(36,37)44-12(11)19(41-8)33-7-28-10-17(33)30-21(24)31-18(10)34/h5-8,11-14,19-20,29H,2-4H2,1H3,(H,35,46)(H2,23,25,26)(H3,24,30,31,34)/t8-,11-,12-,13-,14+,19-,20-,22+,45?/m1/s1. The van der Waals surface area contributed by atoms with Crippen LogP contribution in [0.1, 0.15) is 12.5 Å². The summed E-state index contributed by atoms with van der Waals surface area (Å²) in [5, 5.41) is 0. The summed E-state index contributed by atoms with van der Waals surface area (Å²) in [6.07, 6.45) is -3.97. The maximum Gasteiger partial charge on any atom is 0.336 e. The predicted octanol–water partition coefficient (Wildman–Crippen LogP) is -2.45. The first-order valence-electron chi connectivity index (χ1n) is 13.9. The first kappa shape index (κ1) is 31.0. The van der Waals surface area contributed by atoms with Gasteiger partial charge in [-0.1, -0.05) is 0 Å². The molecule has 0 amide bonds. The number of aromatic amines is 1. The van der Waals surface area contributed by atoms with Crippen LogP contribution in [0.25, 0.3) is 22.3 Å². The fourth-order valence-corrected chi connectivity index (χ4v) is 8.73. The first-order chi connectivity index (χ1) is 22.4. The molecule has 9 atom stereocenters. The maximum absolute atomic E-state index is 13.6. The minimum atomic E-state index is -4.63. The highest BCUT2D eigenvalue weighted by atomic mass is 32.5. The molecule has 7 N–H and O–H groups in total. The van der Waals surface area contributed by atoms with Crippen molar-refractivity contribution in [1.29, 1.82) is 0 Å². The third-order valence-corrected chi connectivity index (χ3v) is 10.9. The average molecular weight is 716 g/mol. The molecule has 4 saturated heterocycles. The number of imidazole rings is 2. The highest BCUT2D eigenvalue weighted by Crippen LogP contribution is 2.55. The molecule has 0 aromatic carbocycles. The average Bonchev–Trinajstić information content (AvgIpc) is 3.82. The van der Waals surface area contributed by atoms with Gasteiger partial charge in [-0.2, -0.15) is 18.1 Å². The summed E-state index contributed by atoms with van der Waals surface area (Å²) in [5.74, 6) is -0.0731. The minimum absolute atomic E-state index is 0.0105. The SMILES string of the molecule is CO[C@H]1[C@H]2OS(=O)(=O)NC[C@@]34CO[C@@H]([C@H](n5cnc6c(N)ncnc65)O3)[C@@H]4OP(O)(=S)OC[C@H]1O[C@H]2n1cnc2c(=O)[nH]c(N)nc21. The van der Waals surface area contributed by atoms with Crippen LogP contribution in [0.2, 0.25) is 0 Å². The van der Waals surface area contributed by atoms with Crippen LogP contribution in [0.3, 0.4) is 0 Å². The van der Waals surface area contributed by atoms with Gasteiger partial charge >= 0.3 is 17.0 Å². The lowest BCUT2D eigenvalue weighted by molar-refractivity contribution is -0.169. The zero-order chi connectivity index (χ0) is 32.9. The molecule has 1 unspecified atom stereocenters. The smallest absolute Gasteiger partial charge is 0.336 e. The van der Waals surface area contributed by atoms with E-state index in [-0.39, 0.29) is 29.5 Å². The number of methoxy groups -OCH3 is 1. The molecule has 4 fully saturated rings. The summed E-state index contributed by atoms with van der Waals surface area (Å²) >= 11 is 5.39. The van der Waals surface area contributed by atoms with E-state index in [1.165, 1.54) is 35.2 Å². The molecule has 4 aromatic heterocycles. The van der Waals surface area contributed by atoms with Gasteiger partial charge in [0.25, 0.3) is 5.56 Å². The summed E-state index contributed by atoms with van der Waals surface area (Å²) in [7, 11) is -3.32. The lowest BCUT2D eigenvalue weighted by Gasteiger charge is -2.32. The quantitative estimate of drug-likeness (QED) is 0.138. The van der Waals surface area contributed by atoms with E-state index in [0.717, 1.165) is 0 Å². The first-order valence-corrected chi connectivity index (χ1v) is 17.9. The molecule has 22 nitrogen and oxygen atoms in total. The molecular formula is C22H26N11O11PS2. The molecule has 4 aromatic rings. The number of nitrogens with two attached hydrogens (primary N) is 2. The van der Waals surface area contributed by atoms with Crippen molar-refractivity contribution >= 4 is 62.9 Å². The fraction of sp³-hybridized carbons (Fsp3) is 0.545. The molecule has 252 valence electrons. The second-order valence-corrected chi connectivity index (χ2v) is 15.3. The normalized spacial score (nSPS) is 37.0. The van der Waals surface area contributed by atoms with Crippen molar-refractivity contribution < 1.29 is 45.5 Å². The summed E-state index contributed by atoms with van der Waals surface area (Å²) in [6.45, 7) is -5.12. The number of fused-ring (bicyclic) bond motifs is 4. The number of hydrogen-bond donors (Lipinski definition) is 5. The van der Waals surface area contributed by atoms with Crippen molar-refractivity contribution in [3.05, 3.63) is 29.3 Å². The minimum Gasteiger partial charge on any atom is -0.382 e. The summed E-state index contributed by atoms with van der Waals surface area (Å²) in [5.41, 5.74) is 10.1. The van der Waals surface area contributed by atoms with E-state index in [2.05, 4.69) is 34.6 Å². The molecule has 4 aliphatic rings. The van der Waals surface area contributed by atoms with Crippen molar-refractivity contribution in [3.63, 3.8) is 0 Å². The lowest BCUT2D eigenvalue weighted by Crippen LogP contribution is -2.52. The van der Waals surface area contributed by atoms with Gasteiger partial charge in [-0.3, -0.25) is 23.4 Å².